The fraction of sp³-hybridized carbons (Fsp3) is 0.0714. The summed E-state index contributed by atoms with van der Waals surface area (Å²) in [4.78, 5) is 11.7. The lowest BCUT2D eigenvalue weighted by Gasteiger charge is -2.07. The summed E-state index contributed by atoms with van der Waals surface area (Å²) in [5, 5.41) is 3.28. The molecule has 2 aromatic carbocycles. The normalized spacial score (nSPS) is 10.0. The molecule has 0 unspecified atom stereocenters. The molecule has 0 fully saturated rings. The van der Waals surface area contributed by atoms with Gasteiger partial charge in [-0.15, -0.1) is 0 Å². The molecular formula is C14H11BrClNO2. The summed E-state index contributed by atoms with van der Waals surface area (Å²) in [6.07, 6.45) is 0. The highest BCUT2D eigenvalue weighted by Gasteiger charge is 2.04. The van der Waals surface area contributed by atoms with Crippen LogP contribution in [0, 0.1) is 0 Å². The predicted molar refractivity (Wildman–Crippen MR) is 79.7 cm³/mol. The molecule has 2 aromatic rings. The van der Waals surface area contributed by atoms with Gasteiger partial charge >= 0.3 is 0 Å². The molecular weight excluding hydrogens is 330 g/mol. The van der Waals surface area contributed by atoms with Crippen molar-refractivity contribution in [1.29, 1.82) is 0 Å². The number of nitrogens with one attached hydrogen (secondary N) is 1. The number of anilines is 1. The number of carbonyl (C=O) groups excluding carboxylic acids is 1. The van der Waals surface area contributed by atoms with E-state index >= 15 is 0 Å². The van der Waals surface area contributed by atoms with E-state index in [2.05, 4.69) is 21.2 Å². The molecule has 2 rings (SSSR count). The monoisotopic (exact) mass is 339 g/mol. The van der Waals surface area contributed by atoms with Crippen molar-refractivity contribution in [2.45, 2.75) is 0 Å². The Labute approximate surface area is 124 Å². The Morgan fingerprint density at radius 2 is 1.95 bits per heavy atom. The molecule has 0 saturated carbocycles. The van der Waals surface area contributed by atoms with Crippen molar-refractivity contribution in [2.24, 2.45) is 0 Å². The second-order valence-corrected chi connectivity index (χ2v) is 5.15. The average molecular weight is 341 g/mol. The van der Waals surface area contributed by atoms with Crippen molar-refractivity contribution in [3.63, 3.8) is 0 Å². The van der Waals surface area contributed by atoms with E-state index in [9.17, 15) is 4.79 Å². The maximum atomic E-state index is 11.7. The Morgan fingerprint density at radius 1 is 1.21 bits per heavy atom. The summed E-state index contributed by atoms with van der Waals surface area (Å²) in [5.74, 6) is 0.412. The largest absolute Gasteiger partial charge is 0.484 e. The van der Waals surface area contributed by atoms with Crippen LogP contribution in [0.4, 0.5) is 5.69 Å². The summed E-state index contributed by atoms with van der Waals surface area (Å²) >= 11 is 9.16. The minimum atomic E-state index is -0.231. The molecule has 0 aromatic heterocycles. The highest BCUT2D eigenvalue weighted by molar-refractivity contribution is 9.10. The Morgan fingerprint density at radius 3 is 2.63 bits per heavy atom. The van der Waals surface area contributed by atoms with E-state index in [1.54, 1.807) is 36.4 Å². The number of amides is 1. The first-order valence-corrected chi connectivity index (χ1v) is 6.74. The van der Waals surface area contributed by atoms with Gasteiger partial charge in [-0.3, -0.25) is 4.79 Å². The third kappa shape index (κ3) is 4.58. The minimum Gasteiger partial charge on any atom is -0.484 e. The van der Waals surface area contributed by atoms with Gasteiger partial charge in [-0.05, 0) is 42.5 Å². The van der Waals surface area contributed by atoms with Gasteiger partial charge in [-0.2, -0.15) is 0 Å². The van der Waals surface area contributed by atoms with Crippen LogP contribution in [0.15, 0.2) is 53.0 Å². The van der Waals surface area contributed by atoms with Crippen LogP contribution in [-0.2, 0) is 4.79 Å². The van der Waals surface area contributed by atoms with Crippen LogP contribution in [-0.4, -0.2) is 12.5 Å². The first-order valence-electron chi connectivity index (χ1n) is 5.57. The molecule has 98 valence electrons. The molecule has 0 atom stereocenters. The van der Waals surface area contributed by atoms with Crippen LogP contribution >= 0.6 is 27.5 Å². The van der Waals surface area contributed by atoms with E-state index in [1.165, 1.54) is 0 Å². The third-order valence-corrected chi connectivity index (χ3v) is 3.06. The summed E-state index contributed by atoms with van der Waals surface area (Å²) in [6, 6.07) is 14.2. The van der Waals surface area contributed by atoms with Gasteiger partial charge in [0.25, 0.3) is 5.91 Å². The fourth-order valence-corrected chi connectivity index (χ4v) is 1.90. The molecule has 19 heavy (non-hydrogen) atoms. The molecule has 5 heteroatoms. The van der Waals surface area contributed by atoms with Gasteiger partial charge in [0.15, 0.2) is 6.61 Å². The van der Waals surface area contributed by atoms with Crippen LogP contribution in [0.3, 0.4) is 0 Å². The quantitative estimate of drug-likeness (QED) is 0.909. The van der Waals surface area contributed by atoms with Gasteiger partial charge in [0, 0.05) is 15.2 Å². The van der Waals surface area contributed by atoms with Gasteiger partial charge in [-0.25, -0.2) is 0 Å². The second-order valence-electron chi connectivity index (χ2n) is 3.80. The Kier molecular flexibility index (Phi) is 4.82. The summed E-state index contributed by atoms with van der Waals surface area (Å²) in [5.41, 5.74) is 0.650. The number of carbonyl (C=O) groups is 1. The number of ether oxygens (including phenoxy) is 1. The molecule has 1 N–H and O–H groups in total. The number of hydrogen-bond acceptors (Lipinski definition) is 2. The lowest BCUT2D eigenvalue weighted by atomic mass is 10.3. The van der Waals surface area contributed by atoms with Gasteiger partial charge in [-0.1, -0.05) is 33.6 Å². The van der Waals surface area contributed by atoms with E-state index in [4.69, 9.17) is 16.3 Å². The average Bonchev–Trinajstić information content (AvgIpc) is 2.38. The van der Waals surface area contributed by atoms with Crippen LogP contribution < -0.4 is 10.1 Å². The van der Waals surface area contributed by atoms with E-state index in [1.807, 2.05) is 12.1 Å². The van der Waals surface area contributed by atoms with E-state index in [0.717, 1.165) is 4.47 Å². The van der Waals surface area contributed by atoms with Gasteiger partial charge < -0.3 is 10.1 Å². The van der Waals surface area contributed by atoms with Crippen LogP contribution in [0.1, 0.15) is 0 Å². The molecule has 0 aliphatic heterocycles. The first kappa shape index (κ1) is 13.9. The van der Waals surface area contributed by atoms with Crippen molar-refractivity contribution in [1.82, 2.24) is 0 Å². The van der Waals surface area contributed by atoms with E-state index < -0.39 is 0 Å². The fourth-order valence-electron chi connectivity index (χ4n) is 1.44. The Hall–Kier alpha value is -1.52. The standard InChI is InChI=1S/C14H11BrClNO2/c15-10-4-6-13(7-5-10)19-9-14(18)17-12-3-1-2-11(16)8-12/h1-8H,9H2,(H,17,18). The number of halogens is 2. The zero-order chi connectivity index (χ0) is 13.7. The number of benzene rings is 2. The second kappa shape index (κ2) is 6.59. The Balaban J connectivity index is 1.86. The molecule has 3 nitrogen and oxygen atoms in total. The summed E-state index contributed by atoms with van der Waals surface area (Å²) < 4.78 is 6.32. The van der Waals surface area contributed by atoms with Crippen LogP contribution in [0.2, 0.25) is 5.02 Å². The Bertz CT molecular complexity index is 572. The maximum Gasteiger partial charge on any atom is 0.262 e. The van der Waals surface area contributed by atoms with Crippen molar-refractivity contribution < 1.29 is 9.53 Å². The highest BCUT2D eigenvalue weighted by Crippen LogP contribution is 2.17. The highest BCUT2D eigenvalue weighted by atomic mass is 79.9. The van der Waals surface area contributed by atoms with E-state index in [0.29, 0.717) is 16.5 Å². The van der Waals surface area contributed by atoms with Crippen LogP contribution in [0.5, 0.6) is 5.75 Å². The zero-order valence-corrected chi connectivity index (χ0v) is 12.2. The SMILES string of the molecule is O=C(COc1ccc(Br)cc1)Nc1cccc(Cl)c1. The van der Waals surface area contributed by atoms with Crippen LogP contribution in [0.25, 0.3) is 0 Å². The molecule has 0 aliphatic rings. The lowest BCUT2D eigenvalue weighted by Crippen LogP contribution is -2.20. The first-order chi connectivity index (χ1) is 9.13. The molecule has 1 amide bonds. The summed E-state index contributed by atoms with van der Waals surface area (Å²) in [7, 11) is 0. The van der Waals surface area contributed by atoms with Gasteiger partial charge in [0.1, 0.15) is 5.75 Å². The molecule has 0 saturated heterocycles. The third-order valence-electron chi connectivity index (χ3n) is 2.29. The smallest absolute Gasteiger partial charge is 0.262 e. The topological polar surface area (TPSA) is 38.3 Å². The zero-order valence-electron chi connectivity index (χ0n) is 9.90. The molecule has 0 spiro atoms. The van der Waals surface area contributed by atoms with Gasteiger partial charge in [0.05, 0.1) is 0 Å². The number of hydrogen-bond donors (Lipinski definition) is 1. The molecule has 0 heterocycles. The van der Waals surface area contributed by atoms with Crippen molar-refractivity contribution in [3.05, 3.63) is 58.0 Å². The van der Waals surface area contributed by atoms with Crippen molar-refractivity contribution >= 4 is 39.1 Å². The molecule has 0 radical (unpaired) electrons. The van der Waals surface area contributed by atoms with Crippen molar-refractivity contribution in [2.75, 3.05) is 11.9 Å². The van der Waals surface area contributed by atoms with E-state index in [-0.39, 0.29) is 12.5 Å². The van der Waals surface area contributed by atoms with Gasteiger partial charge in [0.2, 0.25) is 0 Å². The number of rotatable bonds is 4. The minimum absolute atomic E-state index is 0.0475. The predicted octanol–water partition coefficient (Wildman–Crippen LogP) is 4.12. The maximum absolute atomic E-state index is 11.7. The van der Waals surface area contributed by atoms with Crippen molar-refractivity contribution in [3.8, 4) is 5.75 Å². The lowest BCUT2D eigenvalue weighted by molar-refractivity contribution is -0.118. The summed E-state index contributed by atoms with van der Waals surface area (Å²) in [6.45, 7) is -0.0475. The molecule has 0 bridgehead atoms. The molecule has 0 aliphatic carbocycles.